The number of benzene rings is 1. The Balaban J connectivity index is 1.70. The minimum atomic E-state index is -1.61. The van der Waals surface area contributed by atoms with Crippen LogP contribution in [0.4, 0.5) is 10.5 Å². The second kappa shape index (κ2) is 5.24. The van der Waals surface area contributed by atoms with E-state index in [0.717, 1.165) is 0 Å². The van der Waals surface area contributed by atoms with Gasteiger partial charge in [0.15, 0.2) is 0 Å². The largest absolute Gasteiger partial charge is 0.481 e. The lowest BCUT2D eigenvalue weighted by atomic mass is 9.90. The van der Waals surface area contributed by atoms with Gasteiger partial charge < -0.3 is 26.6 Å². The molecule has 0 unspecified atom stereocenters. The van der Waals surface area contributed by atoms with Gasteiger partial charge in [0, 0.05) is 17.6 Å². The molecule has 6 N–H and O–H groups in total. The maximum Gasteiger partial charge on any atom is 0.324 e. The molecule has 0 saturated heterocycles. The van der Waals surface area contributed by atoms with E-state index >= 15 is 0 Å². The molecular weight excluding hydrogens is 302 g/mol. The molecule has 5 atom stereocenters. The molecule has 3 rings (SSSR count). The lowest BCUT2D eigenvalue weighted by molar-refractivity contribution is -0.145. The molecule has 1 aromatic carbocycles. The van der Waals surface area contributed by atoms with Crippen LogP contribution in [0.3, 0.4) is 0 Å². The van der Waals surface area contributed by atoms with Gasteiger partial charge in [-0.1, -0.05) is 18.2 Å². The van der Waals surface area contributed by atoms with Crippen molar-refractivity contribution in [2.75, 3.05) is 5.32 Å². The molecule has 0 spiro atoms. The first-order valence-corrected chi connectivity index (χ1v) is 7.22. The fourth-order valence-corrected chi connectivity index (χ4v) is 3.69. The summed E-state index contributed by atoms with van der Waals surface area (Å²) in [5.41, 5.74) is 4.87. The average molecular weight is 319 g/mol. The molecule has 23 heavy (non-hydrogen) atoms. The van der Waals surface area contributed by atoms with E-state index in [9.17, 15) is 24.6 Å². The molecule has 1 aromatic rings. The second-order valence-electron chi connectivity index (χ2n) is 6.09. The van der Waals surface area contributed by atoms with Crippen LogP contribution < -0.4 is 16.4 Å². The number of rotatable bonds is 4. The summed E-state index contributed by atoms with van der Waals surface area (Å²) < 4.78 is 0. The van der Waals surface area contributed by atoms with Crippen molar-refractivity contribution < 1.29 is 24.6 Å². The second-order valence-corrected chi connectivity index (χ2v) is 6.09. The molecule has 2 aliphatic rings. The Morgan fingerprint density at radius 1 is 1.17 bits per heavy atom. The summed E-state index contributed by atoms with van der Waals surface area (Å²) in [5, 5.41) is 23.8. The van der Waals surface area contributed by atoms with Gasteiger partial charge in [0.05, 0.1) is 5.92 Å². The number of anilines is 1. The minimum absolute atomic E-state index is 0.0175. The topological polar surface area (TPSA) is 142 Å². The number of nitrogens with one attached hydrogen (secondary N) is 2. The monoisotopic (exact) mass is 319 g/mol. The molecule has 2 aliphatic carbocycles. The quantitative estimate of drug-likeness (QED) is 0.540. The van der Waals surface area contributed by atoms with E-state index in [-0.39, 0.29) is 6.42 Å². The normalized spacial score (nSPS) is 34.3. The molecule has 8 nitrogen and oxygen atoms in total. The molecule has 0 aromatic heterocycles. The Labute approximate surface area is 131 Å². The molecular formula is C15H17N3O5. The first-order chi connectivity index (χ1) is 10.8. The van der Waals surface area contributed by atoms with Crippen LogP contribution in [-0.2, 0) is 9.59 Å². The highest BCUT2D eigenvalue weighted by Gasteiger charge is 2.74. The first-order valence-electron chi connectivity index (χ1n) is 7.22. The van der Waals surface area contributed by atoms with E-state index in [4.69, 9.17) is 5.73 Å². The number of amides is 2. The van der Waals surface area contributed by atoms with Gasteiger partial charge in [0.2, 0.25) is 0 Å². The summed E-state index contributed by atoms with van der Waals surface area (Å²) in [6.45, 7) is 0. The van der Waals surface area contributed by atoms with Gasteiger partial charge in [0.25, 0.3) is 0 Å². The number of nitrogens with two attached hydrogens (primary N) is 1. The Morgan fingerprint density at radius 3 is 2.39 bits per heavy atom. The maximum atomic E-state index is 12.0. The smallest absolute Gasteiger partial charge is 0.324 e. The van der Waals surface area contributed by atoms with E-state index in [1.807, 2.05) is 6.07 Å². The van der Waals surface area contributed by atoms with Crippen molar-refractivity contribution in [3.8, 4) is 0 Å². The molecule has 2 fully saturated rings. The van der Waals surface area contributed by atoms with E-state index in [2.05, 4.69) is 10.6 Å². The van der Waals surface area contributed by atoms with Crippen molar-refractivity contribution in [2.24, 2.45) is 23.5 Å². The summed E-state index contributed by atoms with van der Waals surface area (Å²) in [7, 11) is 0. The van der Waals surface area contributed by atoms with Crippen LogP contribution in [0.15, 0.2) is 30.3 Å². The Hall–Kier alpha value is -2.61. The van der Waals surface area contributed by atoms with Crippen LogP contribution >= 0.6 is 0 Å². The lowest BCUT2D eigenvalue weighted by Gasteiger charge is -2.25. The van der Waals surface area contributed by atoms with E-state index in [0.29, 0.717) is 5.69 Å². The summed E-state index contributed by atoms with van der Waals surface area (Å²) in [4.78, 5) is 34.7. The highest BCUT2D eigenvalue weighted by atomic mass is 16.4. The molecule has 0 radical (unpaired) electrons. The van der Waals surface area contributed by atoms with Crippen molar-refractivity contribution >= 4 is 23.7 Å². The number of carboxylic acids is 2. The Bertz CT molecular complexity index is 664. The zero-order valence-electron chi connectivity index (χ0n) is 12.1. The van der Waals surface area contributed by atoms with Crippen LogP contribution in [0.1, 0.15) is 6.42 Å². The fraction of sp³-hybridized carbons (Fsp3) is 0.400. The van der Waals surface area contributed by atoms with Gasteiger partial charge >= 0.3 is 18.0 Å². The zero-order chi connectivity index (χ0) is 16.8. The Kier molecular flexibility index (Phi) is 3.48. The van der Waals surface area contributed by atoms with Gasteiger partial charge in [-0.15, -0.1) is 0 Å². The van der Waals surface area contributed by atoms with E-state index in [1.54, 1.807) is 24.3 Å². The molecule has 0 bridgehead atoms. The number of carbonyl (C=O) groups is 3. The van der Waals surface area contributed by atoms with Crippen LogP contribution in [0, 0.1) is 17.8 Å². The van der Waals surface area contributed by atoms with Crippen molar-refractivity contribution in [3.05, 3.63) is 30.3 Å². The van der Waals surface area contributed by atoms with E-state index in [1.165, 1.54) is 0 Å². The average Bonchev–Trinajstić information content (AvgIpc) is 3.17. The number of urea groups is 1. The van der Waals surface area contributed by atoms with Crippen LogP contribution in [-0.4, -0.2) is 39.8 Å². The minimum Gasteiger partial charge on any atom is -0.481 e. The summed E-state index contributed by atoms with van der Waals surface area (Å²) >= 11 is 0. The highest BCUT2D eigenvalue weighted by Crippen LogP contribution is 2.61. The van der Waals surface area contributed by atoms with Crippen molar-refractivity contribution in [1.82, 2.24) is 5.32 Å². The van der Waals surface area contributed by atoms with Gasteiger partial charge in [-0.3, -0.25) is 9.59 Å². The van der Waals surface area contributed by atoms with Crippen molar-refractivity contribution in [3.63, 3.8) is 0 Å². The third-order valence-electron chi connectivity index (χ3n) is 4.72. The number of para-hydroxylation sites is 1. The molecule has 0 aliphatic heterocycles. The predicted molar refractivity (Wildman–Crippen MR) is 79.7 cm³/mol. The third-order valence-corrected chi connectivity index (χ3v) is 4.72. The fourth-order valence-electron chi connectivity index (χ4n) is 3.69. The summed E-state index contributed by atoms with van der Waals surface area (Å²) in [6, 6.07) is 7.66. The number of hydrogen-bond donors (Lipinski definition) is 5. The summed E-state index contributed by atoms with van der Waals surface area (Å²) in [5.74, 6) is -4.24. The number of fused-ring (bicyclic) bond motifs is 1. The SMILES string of the molecule is N[C@@]1(C(=O)O)C[C@H](NC(=O)Nc2ccccc2)[C@H]2[C@H](C(=O)O)[C@H]21. The molecule has 2 saturated carbocycles. The van der Waals surface area contributed by atoms with Crippen LogP contribution in [0.2, 0.25) is 0 Å². The van der Waals surface area contributed by atoms with Gasteiger partial charge in [-0.2, -0.15) is 0 Å². The predicted octanol–water partition coefficient (Wildman–Crippen LogP) is 0.309. The first kappa shape index (κ1) is 15.3. The standard InChI is InChI=1S/C15H17N3O5/c16-15(13(21)22)6-8(9-10(11(9)15)12(19)20)18-14(23)17-7-4-2-1-3-5-7/h1-5,8-11H,6,16H2,(H,19,20)(H,21,22)(H2,17,18,23)/t8-,9-,10-,11-,15-/m0/s1. The van der Waals surface area contributed by atoms with Crippen molar-refractivity contribution in [1.29, 1.82) is 0 Å². The maximum absolute atomic E-state index is 12.0. The zero-order valence-corrected chi connectivity index (χ0v) is 12.1. The number of aliphatic carboxylic acids is 2. The molecule has 122 valence electrons. The third kappa shape index (κ3) is 2.50. The molecule has 2 amide bonds. The lowest BCUT2D eigenvalue weighted by Crippen LogP contribution is -2.52. The Morgan fingerprint density at radius 2 is 1.83 bits per heavy atom. The van der Waals surface area contributed by atoms with E-state index < -0.39 is 47.3 Å². The van der Waals surface area contributed by atoms with Gasteiger partial charge in [-0.05, 0) is 24.5 Å². The molecule has 0 heterocycles. The van der Waals surface area contributed by atoms with Crippen LogP contribution in [0.25, 0.3) is 0 Å². The molecule has 8 heteroatoms. The number of hydrogen-bond acceptors (Lipinski definition) is 4. The van der Waals surface area contributed by atoms with Gasteiger partial charge in [-0.25, -0.2) is 4.79 Å². The summed E-state index contributed by atoms with van der Waals surface area (Å²) in [6.07, 6.45) is 0.0175. The number of carbonyl (C=O) groups excluding carboxylic acids is 1. The van der Waals surface area contributed by atoms with Crippen LogP contribution in [0.5, 0.6) is 0 Å². The highest BCUT2D eigenvalue weighted by molar-refractivity contribution is 5.90. The van der Waals surface area contributed by atoms with Gasteiger partial charge in [0.1, 0.15) is 5.54 Å². The van der Waals surface area contributed by atoms with Crippen molar-refractivity contribution in [2.45, 2.75) is 18.0 Å². The number of carboxylic acid groups (broad SMARTS) is 2.